The van der Waals surface area contributed by atoms with Crippen LogP contribution in [-0.4, -0.2) is 42.2 Å². The summed E-state index contributed by atoms with van der Waals surface area (Å²) in [6.07, 6.45) is 3.04. The number of rotatable bonds is 6. The zero-order valence-corrected chi connectivity index (χ0v) is 14.6. The molecule has 1 fully saturated rings. The minimum Gasteiger partial charge on any atom is -0.378 e. The number of aromatic nitrogens is 2. The monoisotopic (exact) mass is 346 g/mol. The molecule has 1 aliphatic heterocycles. The Kier molecular flexibility index (Phi) is 5.77. The number of ether oxygens (including phenoxy) is 1. The van der Waals surface area contributed by atoms with Crippen LogP contribution >= 0.6 is 11.3 Å². The van der Waals surface area contributed by atoms with Crippen molar-refractivity contribution in [2.24, 2.45) is 0 Å². The van der Waals surface area contributed by atoms with Crippen molar-refractivity contribution in [2.75, 3.05) is 31.2 Å². The van der Waals surface area contributed by atoms with Gasteiger partial charge in [0.2, 0.25) is 11.9 Å². The number of thiophene rings is 1. The number of hydrogen-bond acceptors (Lipinski definition) is 6. The van der Waals surface area contributed by atoms with Gasteiger partial charge in [0.25, 0.3) is 0 Å². The molecule has 2 aromatic heterocycles. The molecule has 24 heavy (non-hydrogen) atoms. The maximum absolute atomic E-state index is 12.0. The molecule has 1 amide bonds. The van der Waals surface area contributed by atoms with Gasteiger partial charge in [0, 0.05) is 30.6 Å². The van der Waals surface area contributed by atoms with Gasteiger partial charge in [-0.3, -0.25) is 4.79 Å². The predicted octanol–water partition coefficient (Wildman–Crippen LogP) is 1.93. The third kappa shape index (κ3) is 4.52. The highest BCUT2D eigenvalue weighted by atomic mass is 32.1. The van der Waals surface area contributed by atoms with Crippen LogP contribution in [0.3, 0.4) is 0 Å². The van der Waals surface area contributed by atoms with Crippen molar-refractivity contribution in [1.29, 1.82) is 0 Å². The predicted molar refractivity (Wildman–Crippen MR) is 94.3 cm³/mol. The number of amides is 1. The maximum Gasteiger partial charge on any atom is 0.225 e. The Morgan fingerprint density at radius 3 is 2.96 bits per heavy atom. The summed E-state index contributed by atoms with van der Waals surface area (Å²) in [6, 6.07) is 3.93. The highest BCUT2D eigenvalue weighted by Gasteiger charge is 2.14. The molecule has 1 saturated heterocycles. The summed E-state index contributed by atoms with van der Waals surface area (Å²) in [5.41, 5.74) is 2.09. The van der Waals surface area contributed by atoms with Gasteiger partial charge >= 0.3 is 0 Å². The normalized spacial score (nSPS) is 14.6. The fourth-order valence-electron chi connectivity index (χ4n) is 2.56. The smallest absolute Gasteiger partial charge is 0.225 e. The molecule has 0 atom stereocenters. The average Bonchev–Trinajstić information content (AvgIpc) is 3.04. The second-order valence-corrected chi connectivity index (χ2v) is 6.75. The number of anilines is 1. The topological polar surface area (TPSA) is 67.4 Å². The number of nitrogens with one attached hydrogen (secondary N) is 1. The Balaban J connectivity index is 1.49. The van der Waals surface area contributed by atoms with Crippen LogP contribution in [0.15, 0.2) is 23.7 Å². The summed E-state index contributed by atoms with van der Waals surface area (Å²) in [5.74, 6) is 0.758. The Morgan fingerprint density at radius 2 is 2.21 bits per heavy atom. The van der Waals surface area contributed by atoms with E-state index in [1.165, 1.54) is 10.4 Å². The van der Waals surface area contributed by atoms with Crippen LogP contribution in [0.1, 0.15) is 22.6 Å². The molecule has 0 aromatic carbocycles. The zero-order valence-electron chi connectivity index (χ0n) is 13.8. The van der Waals surface area contributed by atoms with Gasteiger partial charge in [-0.05, 0) is 36.4 Å². The lowest BCUT2D eigenvalue weighted by molar-refractivity contribution is -0.121. The number of morpholine rings is 1. The summed E-state index contributed by atoms with van der Waals surface area (Å²) in [6.45, 7) is 5.52. The summed E-state index contributed by atoms with van der Waals surface area (Å²) < 4.78 is 5.34. The highest BCUT2D eigenvalue weighted by Crippen LogP contribution is 2.17. The van der Waals surface area contributed by atoms with Gasteiger partial charge in [-0.25, -0.2) is 9.97 Å². The van der Waals surface area contributed by atoms with E-state index in [1.807, 2.05) is 6.07 Å². The minimum absolute atomic E-state index is 0.0503. The molecule has 6 nitrogen and oxygen atoms in total. The number of hydrogen-bond donors (Lipinski definition) is 1. The Bertz CT molecular complexity index is 683. The average molecular weight is 346 g/mol. The van der Waals surface area contributed by atoms with Crippen LogP contribution in [0.4, 0.5) is 5.95 Å². The van der Waals surface area contributed by atoms with E-state index in [4.69, 9.17) is 4.74 Å². The first-order chi connectivity index (χ1) is 11.7. The first kappa shape index (κ1) is 16.9. The molecule has 2 aromatic rings. The molecule has 0 unspecified atom stereocenters. The van der Waals surface area contributed by atoms with Gasteiger partial charge < -0.3 is 15.0 Å². The lowest BCUT2D eigenvalue weighted by atomic mass is 10.2. The third-order valence-electron chi connectivity index (χ3n) is 4.01. The standard InChI is InChI=1S/C17H22N4O2S/c1-13-5-11-24-15(13)2-3-16(22)19-12-14-4-6-18-17(20-14)21-7-9-23-10-8-21/h4-6,11H,2-3,7-10,12H2,1H3,(H,19,22). The SMILES string of the molecule is Cc1ccsc1CCC(=O)NCc1ccnc(N2CCOCC2)n1. The molecule has 0 radical (unpaired) electrons. The summed E-state index contributed by atoms with van der Waals surface area (Å²) in [4.78, 5) is 24.3. The Morgan fingerprint density at radius 1 is 1.38 bits per heavy atom. The molecule has 0 aliphatic carbocycles. The van der Waals surface area contributed by atoms with Crippen molar-refractivity contribution >= 4 is 23.2 Å². The molecular weight excluding hydrogens is 324 g/mol. The first-order valence-electron chi connectivity index (χ1n) is 8.16. The maximum atomic E-state index is 12.0. The van der Waals surface area contributed by atoms with Crippen molar-refractivity contribution in [3.8, 4) is 0 Å². The number of aryl methyl sites for hydroxylation is 2. The molecule has 0 saturated carbocycles. The van der Waals surface area contributed by atoms with E-state index in [0.29, 0.717) is 32.1 Å². The first-order valence-corrected chi connectivity index (χ1v) is 9.04. The van der Waals surface area contributed by atoms with Crippen LogP contribution in [0.2, 0.25) is 0 Å². The minimum atomic E-state index is 0.0503. The lowest BCUT2D eigenvalue weighted by Gasteiger charge is -2.26. The Labute approximate surface area is 145 Å². The molecule has 3 heterocycles. The molecule has 1 aliphatic rings. The van der Waals surface area contributed by atoms with Crippen molar-refractivity contribution < 1.29 is 9.53 Å². The molecule has 128 valence electrons. The van der Waals surface area contributed by atoms with Crippen molar-refractivity contribution in [1.82, 2.24) is 15.3 Å². The fourth-order valence-corrected chi connectivity index (χ4v) is 3.47. The van der Waals surface area contributed by atoms with Gasteiger partial charge in [0.1, 0.15) is 0 Å². The summed E-state index contributed by atoms with van der Waals surface area (Å²) in [5, 5.41) is 5.01. The van der Waals surface area contributed by atoms with Crippen LogP contribution in [0, 0.1) is 6.92 Å². The van der Waals surface area contributed by atoms with Gasteiger partial charge in [-0.2, -0.15) is 0 Å². The van der Waals surface area contributed by atoms with Crippen molar-refractivity contribution in [3.05, 3.63) is 39.8 Å². The number of carbonyl (C=O) groups is 1. The van der Waals surface area contributed by atoms with Crippen LogP contribution in [0.25, 0.3) is 0 Å². The van der Waals surface area contributed by atoms with Crippen LogP contribution in [0.5, 0.6) is 0 Å². The molecule has 3 rings (SSSR count). The van der Waals surface area contributed by atoms with Gasteiger partial charge in [0.15, 0.2) is 0 Å². The van der Waals surface area contributed by atoms with E-state index in [-0.39, 0.29) is 5.91 Å². The fraction of sp³-hybridized carbons (Fsp3) is 0.471. The largest absolute Gasteiger partial charge is 0.378 e. The second kappa shape index (κ2) is 8.21. The molecule has 1 N–H and O–H groups in total. The quantitative estimate of drug-likeness (QED) is 0.866. The Hall–Kier alpha value is -1.99. The van der Waals surface area contributed by atoms with Gasteiger partial charge in [0.05, 0.1) is 25.5 Å². The van der Waals surface area contributed by atoms with Gasteiger partial charge in [-0.1, -0.05) is 0 Å². The molecule has 0 bridgehead atoms. The third-order valence-corrected chi connectivity index (χ3v) is 5.09. The molecule has 0 spiro atoms. The van der Waals surface area contributed by atoms with E-state index < -0.39 is 0 Å². The summed E-state index contributed by atoms with van der Waals surface area (Å²) >= 11 is 1.71. The van der Waals surface area contributed by atoms with E-state index in [2.05, 4.69) is 38.6 Å². The van der Waals surface area contributed by atoms with E-state index in [1.54, 1.807) is 17.5 Å². The number of carbonyl (C=O) groups excluding carboxylic acids is 1. The van der Waals surface area contributed by atoms with E-state index in [9.17, 15) is 4.79 Å². The number of nitrogens with zero attached hydrogens (tertiary/aromatic N) is 3. The van der Waals surface area contributed by atoms with E-state index >= 15 is 0 Å². The van der Waals surface area contributed by atoms with Crippen LogP contribution in [-0.2, 0) is 22.5 Å². The van der Waals surface area contributed by atoms with Crippen molar-refractivity contribution in [3.63, 3.8) is 0 Å². The molecule has 7 heteroatoms. The zero-order chi connectivity index (χ0) is 16.8. The van der Waals surface area contributed by atoms with Crippen LogP contribution < -0.4 is 10.2 Å². The molecular formula is C17H22N4O2S. The second-order valence-electron chi connectivity index (χ2n) is 5.75. The lowest BCUT2D eigenvalue weighted by Crippen LogP contribution is -2.37. The highest BCUT2D eigenvalue weighted by molar-refractivity contribution is 7.10. The van der Waals surface area contributed by atoms with E-state index in [0.717, 1.165) is 25.2 Å². The summed E-state index contributed by atoms with van der Waals surface area (Å²) in [7, 11) is 0. The van der Waals surface area contributed by atoms with Crippen molar-refractivity contribution in [2.45, 2.75) is 26.3 Å². The van der Waals surface area contributed by atoms with Gasteiger partial charge in [-0.15, -0.1) is 11.3 Å².